The maximum atomic E-state index is 6.11. The second kappa shape index (κ2) is 7.50. The Kier molecular flexibility index (Phi) is 5.53. The van der Waals surface area contributed by atoms with Crippen LogP contribution in [0.25, 0.3) is 11.4 Å². The summed E-state index contributed by atoms with van der Waals surface area (Å²) in [5.41, 5.74) is 4.10. The fourth-order valence-corrected chi connectivity index (χ4v) is 3.84. The molecule has 25 heavy (non-hydrogen) atoms. The summed E-state index contributed by atoms with van der Waals surface area (Å²) >= 11 is 13.8. The average Bonchev–Trinajstić information content (AvgIpc) is 2.97. The molecule has 2 heterocycles. The van der Waals surface area contributed by atoms with Crippen LogP contribution < -0.4 is 0 Å². The quantitative estimate of drug-likeness (QED) is 0.512. The van der Waals surface area contributed by atoms with E-state index in [2.05, 4.69) is 41.4 Å². The van der Waals surface area contributed by atoms with Crippen LogP contribution >= 0.6 is 51.9 Å². The molecule has 0 aliphatic carbocycles. The van der Waals surface area contributed by atoms with Gasteiger partial charge in [-0.05, 0) is 30.7 Å². The molecule has 0 atom stereocenters. The molecule has 4 rings (SSSR count). The summed E-state index contributed by atoms with van der Waals surface area (Å²) in [6.07, 6.45) is 0. The smallest absolute Gasteiger partial charge is 0.187 e. The van der Waals surface area contributed by atoms with E-state index in [1.165, 1.54) is 5.56 Å². The Balaban J connectivity index is 0.00000182. The lowest BCUT2D eigenvalue weighted by atomic mass is 10.1. The zero-order valence-corrected chi connectivity index (χ0v) is 17.2. The summed E-state index contributed by atoms with van der Waals surface area (Å²) in [7, 11) is 0. The van der Waals surface area contributed by atoms with Crippen molar-refractivity contribution in [2.45, 2.75) is 12.1 Å². The molecule has 1 aromatic heterocycles. The first kappa shape index (κ1) is 18.5. The number of fused-ring (bicyclic) bond motifs is 1. The largest absolute Gasteiger partial charge is 0.212 e. The number of hydrogen-bond acceptors (Lipinski definition) is 4. The molecule has 1 aliphatic heterocycles. The Labute approximate surface area is 170 Å². The fourth-order valence-electron chi connectivity index (χ4n) is 2.48. The van der Waals surface area contributed by atoms with Gasteiger partial charge >= 0.3 is 0 Å². The highest BCUT2D eigenvalue weighted by Crippen LogP contribution is 2.31. The molecule has 0 radical (unpaired) electrons. The summed E-state index contributed by atoms with van der Waals surface area (Å²) < 4.78 is 1.76. The van der Waals surface area contributed by atoms with Crippen LogP contribution in [0.3, 0.4) is 0 Å². The molecule has 0 bridgehead atoms. The molecular weight excluding hydrogens is 443 g/mol. The first-order valence-electron chi connectivity index (χ1n) is 7.30. The minimum Gasteiger partial charge on any atom is -0.187 e. The fraction of sp³-hybridized carbons (Fsp3) is 0.118. The third-order valence-electron chi connectivity index (χ3n) is 3.68. The number of aryl methyl sites for hydroxylation is 1. The number of hydrogen-bond donors (Lipinski definition) is 0. The molecule has 0 fully saturated rings. The lowest BCUT2D eigenvalue weighted by Crippen LogP contribution is -2.13. The molecule has 1 aliphatic rings. The van der Waals surface area contributed by atoms with E-state index in [1.54, 1.807) is 22.5 Å². The lowest BCUT2D eigenvalue weighted by Gasteiger charge is -2.14. The second-order valence-electron chi connectivity index (χ2n) is 5.48. The molecule has 0 amide bonds. The number of rotatable bonds is 2. The molecule has 2 aromatic carbocycles. The van der Waals surface area contributed by atoms with E-state index in [0.29, 0.717) is 15.9 Å². The van der Waals surface area contributed by atoms with Gasteiger partial charge in [0.25, 0.3) is 0 Å². The molecule has 0 saturated heterocycles. The Hall–Kier alpha value is -1.34. The van der Waals surface area contributed by atoms with Gasteiger partial charge < -0.3 is 0 Å². The van der Waals surface area contributed by atoms with Crippen LogP contribution in [0.1, 0.15) is 11.1 Å². The molecule has 8 heteroatoms. The predicted octanol–water partition coefficient (Wildman–Crippen LogP) is 5.50. The molecule has 4 nitrogen and oxygen atoms in total. The zero-order valence-electron chi connectivity index (χ0n) is 13.1. The van der Waals surface area contributed by atoms with Crippen LogP contribution in [0.5, 0.6) is 0 Å². The van der Waals surface area contributed by atoms with Crippen molar-refractivity contribution in [3.8, 4) is 11.4 Å². The van der Waals surface area contributed by atoms with Gasteiger partial charge in [-0.1, -0.05) is 64.8 Å². The van der Waals surface area contributed by atoms with Crippen LogP contribution in [0.15, 0.2) is 52.7 Å². The normalized spacial score (nSPS) is 13.0. The summed E-state index contributed by atoms with van der Waals surface area (Å²) in [5, 5.41) is 15.1. The van der Waals surface area contributed by atoms with Gasteiger partial charge in [0.05, 0.1) is 5.71 Å². The summed E-state index contributed by atoms with van der Waals surface area (Å²) in [6.45, 7) is 2.07. The Morgan fingerprint density at radius 2 is 1.64 bits per heavy atom. The van der Waals surface area contributed by atoms with Gasteiger partial charge in [0.15, 0.2) is 5.82 Å². The molecule has 0 saturated carbocycles. The van der Waals surface area contributed by atoms with E-state index >= 15 is 0 Å². The summed E-state index contributed by atoms with van der Waals surface area (Å²) in [4.78, 5) is 0. The number of benzene rings is 2. The van der Waals surface area contributed by atoms with E-state index in [4.69, 9.17) is 28.3 Å². The Morgan fingerprint density at radius 3 is 2.32 bits per heavy atom. The topological polar surface area (TPSA) is 43.1 Å². The molecular formula is C17H13BrCl2N4S. The van der Waals surface area contributed by atoms with Crippen molar-refractivity contribution in [2.24, 2.45) is 5.10 Å². The highest BCUT2D eigenvalue weighted by Gasteiger charge is 2.21. The van der Waals surface area contributed by atoms with Gasteiger partial charge in [0.2, 0.25) is 5.16 Å². The van der Waals surface area contributed by atoms with Crippen LogP contribution in [0.4, 0.5) is 0 Å². The zero-order chi connectivity index (χ0) is 16.7. The highest BCUT2D eigenvalue weighted by molar-refractivity contribution is 8.93. The van der Waals surface area contributed by atoms with Gasteiger partial charge in [-0.25, -0.2) is 0 Å². The third-order valence-corrected chi connectivity index (χ3v) is 5.04. The summed E-state index contributed by atoms with van der Waals surface area (Å²) in [5.74, 6) is 1.39. The molecule has 0 unspecified atom stereocenters. The van der Waals surface area contributed by atoms with Crippen molar-refractivity contribution in [1.29, 1.82) is 0 Å². The van der Waals surface area contributed by atoms with Crippen LogP contribution in [0.2, 0.25) is 10.0 Å². The molecule has 128 valence electrons. The van der Waals surface area contributed by atoms with Gasteiger partial charge in [0, 0.05) is 21.4 Å². The minimum atomic E-state index is 0. The van der Waals surface area contributed by atoms with Crippen molar-refractivity contribution >= 4 is 57.7 Å². The van der Waals surface area contributed by atoms with E-state index < -0.39 is 0 Å². The first-order valence-corrected chi connectivity index (χ1v) is 9.04. The third kappa shape index (κ3) is 3.77. The van der Waals surface area contributed by atoms with E-state index in [1.807, 2.05) is 12.1 Å². The van der Waals surface area contributed by atoms with Gasteiger partial charge in [-0.2, -0.15) is 9.78 Å². The lowest BCUT2D eigenvalue weighted by molar-refractivity contribution is 0.762. The van der Waals surface area contributed by atoms with Crippen LogP contribution in [0, 0.1) is 6.92 Å². The highest BCUT2D eigenvalue weighted by atomic mass is 79.9. The van der Waals surface area contributed by atoms with Gasteiger partial charge in [-0.3, -0.25) is 0 Å². The van der Waals surface area contributed by atoms with Crippen molar-refractivity contribution < 1.29 is 0 Å². The average molecular weight is 456 g/mol. The van der Waals surface area contributed by atoms with Gasteiger partial charge in [0.1, 0.15) is 0 Å². The SMILES string of the molecule is Br.Cc1ccc(C2=Nn3c(nnc3-c3cc(Cl)cc(Cl)c3)SC2)cc1. The van der Waals surface area contributed by atoms with Crippen LogP contribution in [-0.4, -0.2) is 26.3 Å². The number of aromatic nitrogens is 3. The van der Waals surface area contributed by atoms with Crippen molar-refractivity contribution in [2.75, 3.05) is 5.75 Å². The predicted molar refractivity (Wildman–Crippen MR) is 110 cm³/mol. The van der Waals surface area contributed by atoms with Crippen molar-refractivity contribution in [3.05, 3.63) is 63.6 Å². The molecule has 0 spiro atoms. The maximum Gasteiger partial charge on any atom is 0.212 e. The number of thioether (sulfide) groups is 1. The van der Waals surface area contributed by atoms with Crippen molar-refractivity contribution in [1.82, 2.24) is 14.9 Å². The maximum absolute atomic E-state index is 6.11. The Morgan fingerprint density at radius 1 is 0.960 bits per heavy atom. The number of nitrogens with zero attached hydrogens (tertiary/aromatic N) is 4. The first-order chi connectivity index (χ1) is 11.6. The van der Waals surface area contributed by atoms with Gasteiger partial charge in [-0.15, -0.1) is 27.2 Å². The Bertz CT molecular complexity index is 934. The second-order valence-corrected chi connectivity index (χ2v) is 7.29. The van der Waals surface area contributed by atoms with E-state index in [-0.39, 0.29) is 17.0 Å². The summed E-state index contributed by atoms with van der Waals surface area (Å²) in [6, 6.07) is 13.6. The van der Waals surface area contributed by atoms with Crippen molar-refractivity contribution in [3.63, 3.8) is 0 Å². The monoisotopic (exact) mass is 454 g/mol. The number of halogens is 3. The van der Waals surface area contributed by atoms with E-state index in [0.717, 1.165) is 27.7 Å². The van der Waals surface area contributed by atoms with Crippen LogP contribution in [-0.2, 0) is 0 Å². The molecule has 3 aromatic rings. The minimum absolute atomic E-state index is 0. The van der Waals surface area contributed by atoms with E-state index in [9.17, 15) is 0 Å². The molecule has 0 N–H and O–H groups in total. The standard InChI is InChI=1S/C17H12Cl2N4S.BrH/c1-10-2-4-11(5-3-10)15-9-24-17-21-20-16(23(17)22-15)12-6-13(18)8-14(19)7-12;/h2-8H,9H2,1H3;1H.